The van der Waals surface area contributed by atoms with E-state index in [1.165, 1.54) is 0 Å². The van der Waals surface area contributed by atoms with Crippen LogP contribution < -0.4 is 5.56 Å². The Kier molecular flexibility index (Phi) is 2.72. The Bertz CT molecular complexity index is 437. The Morgan fingerprint density at radius 1 is 1.67 bits per heavy atom. The van der Waals surface area contributed by atoms with E-state index in [4.69, 9.17) is 4.74 Å². The summed E-state index contributed by atoms with van der Waals surface area (Å²) in [6, 6.07) is 0. The van der Waals surface area contributed by atoms with Crippen LogP contribution in [0, 0.1) is 3.57 Å². The predicted molar refractivity (Wildman–Crippen MR) is 61.8 cm³/mol. The molecular formula is C9H11IN2O3. The van der Waals surface area contributed by atoms with Gasteiger partial charge in [0.25, 0.3) is 5.56 Å². The zero-order chi connectivity index (χ0) is 11.1. The van der Waals surface area contributed by atoms with Crippen LogP contribution in [0.15, 0.2) is 4.79 Å². The summed E-state index contributed by atoms with van der Waals surface area (Å²) in [6.07, 6.45) is 1.74. The van der Waals surface area contributed by atoms with Crippen LogP contribution in [0.3, 0.4) is 0 Å². The second-order valence-corrected chi connectivity index (χ2v) is 4.81. The normalized spacial score (nSPS) is 25.7. The van der Waals surface area contributed by atoms with E-state index in [2.05, 4.69) is 9.97 Å². The number of halogens is 1. The molecule has 1 aliphatic rings. The largest absolute Gasteiger partial charge is 0.492 e. The molecule has 5 nitrogen and oxygen atoms in total. The third-order valence-corrected chi connectivity index (χ3v) is 3.54. The Morgan fingerprint density at radius 3 is 2.93 bits per heavy atom. The molecule has 82 valence electrons. The number of aromatic nitrogens is 2. The van der Waals surface area contributed by atoms with Crippen molar-refractivity contribution in [2.24, 2.45) is 0 Å². The maximum absolute atomic E-state index is 11.4. The summed E-state index contributed by atoms with van der Waals surface area (Å²) in [6.45, 7) is 2.53. The fourth-order valence-electron chi connectivity index (χ4n) is 1.66. The predicted octanol–water partition coefficient (Wildman–Crippen LogP) is 1.11. The van der Waals surface area contributed by atoms with Crippen LogP contribution in [0.1, 0.15) is 25.6 Å². The molecule has 1 unspecified atom stereocenters. The first-order valence-electron chi connectivity index (χ1n) is 4.66. The van der Waals surface area contributed by atoms with Gasteiger partial charge in [0.05, 0.1) is 0 Å². The molecule has 0 amide bonds. The van der Waals surface area contributed by atoms with E-state index in [-0.39, 0.29) is 15.0 Å². The van der Waals surface area contributed by atoms with Crippen LogP contribution in [0.5, 0.6) is 5.88 Å². The average molecular weight is 322 g/mol. The van der Waals surface area contributed by atoms with Gasteiger partial charge in [-0.25, -0.2) is 0 Å². The van der Waals surface area contributed by atoms with Crippen LogP contribution in [0.2, 0.25) is 0 Å². The summed E-state index contributed by atoms with van der Waals surface area (Å²) in [4.78, 5) is 18.0. The molecule has 0 aliphatic carbocycles. The molecule has 2 heterocycles. The van der Waals surface area contributed by atoms with E-state index in [9.17, 15) is 9.90 Å². The van der Waals surface area contributed by atoms with E-state index in [0.717, 1.165) is 12.8 Å². The summed E-state index contributed by atoms with van der Waals surface area (Å²) in [5.41, 5.74) is -0.893. The topological polar surface area (TPSA) is 75.2 Å². The molecule has 1 atom stereocenters. The minimum absolute atomic E-state index is 0.206. The van der Waals surface area contributed by atoms with E-state index in [1.807, 2.05) is 6.92 Å². The van der Waals surface area contributed by atoms with Gasteiger partial charge in [-0.15, -0.1) is 0 Å². The molecule has 2 N–H and O–H groups in total. The van der Waals surface area contributed by atoms with Crippen LogP contribution in [-0.4, -0.2) is 21.7 Å². The molecule has 2 rings (SSSR count). The van der Waals surface area contributed by atoms with Crippen LogP contribution in [-0.2, 0) is 10.3 Å². The number of rotatable bonds is 1. The number of ether oxygens (including phenoxy) is 1. The molecule has 6 heteroatoms. The van der Waals surface area contributed by atoms with Crippen molar-refractivity contribution in [1.29, 1.82) is 0 Å². The molecule has 0 aromatic carbocycles. The molecule has 0 spiro atoms. The average Bonchev–Trinajstić information content (AvgIpc) is 2.62. The van der Waals surface area contributed by atoms with Gasteiger partial charge in [0, 0.05) is 6.61 Å². The monoisotopic (exact) mass is 322 g/mol. The van der Waals surface area contributed by atoms with Gasteiger partial charge in [-0.1, -0.05) is 0 Å². The number of aromatic amines is 1. The first-order chi connectivity index (χ1) is 7.03. The van der Waals surface area contributed by atoms with E-state index in [1.54, 1.807) is 22.6 Å². The Hall–Kier alpha value is -0.630. The third-order valence-electron chi connectivity index (χ3n) is 2.57. The second kappa shape index (κ2) is 3.75. The fourth-order valence-corrected chi connectivity index (χ4v) is 1.92. The minimum Gasteiger partial charge on any atom is -0.492 e. The summed E-state index contributed by atoms with van der Waals surface area (Å²) < 4.78 is 5.74. The highest BCUT2D eigenvalue weighted by Crippen LogP contribution is 2.33. The lowest BCUT2D eigenvalue weighted by Gasteiger charge is -2.21. The number of aromatic hydroxyl groups is 1. The highest BCUT2D eigenvalue weighted by atomic mass is 127. The molecule has 1 aliphatic heterocycles. The smallest absolute Gasteiger partial charge is 0.268 e. The van der Waals surface area contributed by atoms with Crippen molar-refractivity contribution in [3.63, 3.8) is 0 Å². The molecule has 0 radical (unpaired) electrons. The van der Waals surface area contributed by atoms with Gasteiger partial charge >= 0.3 is 0 Å². The van der Waals surface area contributed by atoms with Crippen molar-refractivity contribution in [3.05, 3.63) is 19.7 Å². The summed E-state index contributed by atoms with van der Waals surface area (Å²) in [5.74, 6) is 0.175. The van der Waals surface area contributed by atoms with Gasteiger partial charge in [-0.3, -0.25) is 4.79 Å². The van der Waals surface area contributed by atoms with Crippen molar-refractivity contribution >= 4 is 22.6 Å². The number of nitrogens with one attached hydrogen (secondary N) is 1. The standard InChI is InChI=1S/C9H11IN2O3/c1-9(3-2-4-15-9)8-11-6(13)5(10)7(14)12-8/h2-4H2,1H3,(H2,11,12,13,14). The van der Waals surface area contributed by atoms with Crippen molar-refractivity contribution < 1.29 is 9.84 Å². The quantitative estimate of drug-likeness (QED) is 0.760. The minimum atomic E-state index is -0.568. The number of nitrogens with zero attached hydrogens (tertiary/aromatic N) is 1. The van der Waals surface area contributed by atoms with Crippen LogP contribution in [0.4, 0.5) is 0 Å². The van der Waals surface area contributed by atoms with Crippen molar-refractivity contribution in [2.45, 2.75) is 25.4 Å². The lowest BCUT2D eigenvalue weighted by molar-refractivity contribution is 0.00861. The van der Waals surface area contributed by atoms with Crippen molar-refractivity contribution in [3.8, 4) is 5.88 Å². The van der Waals surface area contributed by atoms with E-state index >= 15 is 0 Å². The zero-order valence-electron chi connectivity index (χ0n) is 8.21. The first kappa shape index (κ1) is 10.9. The van der Waals surface area contributed by atoms with E-state index < -0.39 is 5.60 Å². The molecule has 1 saturated heterocycles. The highest BCUT2D eigenvalue weighted by Gasteiger charge is 2.35. The summed E-state index contributed by atoms with van der Waals surface area (Å²) >= 11 is 1.76. The number of H-pyrrole nitrogens is 1. The maximum atomic E-state index is 11.4. The Morgan fingerprint density at radius 2 is 2.40 bits per heavy atom. The molecule has 1 aromatic rings. The number of hydrogen-bond donors (Lipinski definition) is 2. The lowest BCUT2D eigenvalue weighted by Crippen LogP contribution is -2.27. The fraction of sp³-hybridized carbons (Fsp3) is 0.556. The first-order valence-corrected chi connectivity index (χ1v) is 5.74. The Balaban J connectivity index is 2.50. The molecule has 1 fully saturated rings. The number of hydrogen-bond acceptors (Lipinski definition) is 4. The summed E-state index contributed by atoms with van der Waals surface area (Å²) in [7, 11) is 0. The maximum Gasteiger partial charge on any atom is 0.268 e. The zero-order valence-corrected chi connectivity index (χ0v) is 10.4. The molecular weight excluding hydrogens is 311 g/mol. The van der Waals surface area contributed by atoms with Gasteiger partial charge in [0.15, 0.2) is 0 Å². The van der Waals surface area contributed by atoms with Gasteiger partial charge in [0.1, 0.15) is 15.0 Å². The van der Waals surface area contributed by atoms with Gasteiger partial charge in [-0.05, 0) is 42.4 Å². The molecule has 1 aromatic heterocycles. The van der Waals surface area contributed by atoms with Gasteiger partial charge in [0.2, 0.25) is 5.88 Å². The van der Waals surface area contributed by atoms with E-state index in [0.29, 0.717) is 12.4 Å². The van der Waals surface area contributed by atoms with Crippen LogP contribution in [0.25, 0.3) is 0 Å². The molecule has 0 bridgehead atoms. The summed E-state index contributed by atoms with van der Waals surface area (Å²) in [5, 5.41) is 9.46. The van der Waals surface area contributed by atoms with Gasteiger partial charge in [-0.2, -0.15) is 4.98 Å². The van der Waals surface area contributed by atoms with Crippen molar-refractivity contribution in [1.82, 2.24) is 9.97 Å². The third kappa shape index (κ3) is 1.87. The SMILES string of the molecule is CC1(c2nc(O)c(I)c(=O)[nH]2)CCCO1. The van der Waals surface area contributed by atoms with Gasteiger partial charge < -0.3 is 14.8 Å². The molecule has 15 heavy (non-hydrogen) atoms. The van der Waals surface area contributed by atoms with Crippen LogP contribution >= 0.6 is 22.6 Å². The Labute approximate surface area is 100 Å². The second-order valence-electron chi connectivity index (χ2n) is 3.73. The van der Waals surface area contributed by atoms with Crippen molar-refractivity contribution in [2.75, 3.05) is 6.61 Å². The lowest BCUT2D eigenvalue weighted by atomic mass is 10.0. The molecule has 0 saturated carbocycles. The highest BCUT2D eigenvalue weighted by molar-refractivity contribution is 14.1.